The topological polar surface area (TPSA) is 85.2 Å². The summed E-state index contributed by atoms with van der Waals surface area (Å²) in [6.07, 6.45) is 6.61. The Morgan fingerprint density at radius 3 is 2.71 bits per heavy atom. The molecule has 0 unspecified atom stereocenters. The fraction of sp³-hybridized carbons (Fsp3) is 0.500. The number of aromatic nitrogens is 4. The Kier molecular flexibility index (Phi) is 4.93. The summed E-state index contributed by atoms with van der Waals surface area (Å²) in [6, 6.07) is 2.00. The van der Waals surface area contributed by atoms with Crippen molar-refractivity contribution in [3.63, 3.8) is 0 Å². The SMILES string of the molecule is CCOc1nccnc1NC1CCN(C(=O)c2ccnn2C)CC1. The van der Waals surface area contributed by atoms with Gasteiger partial charge in [0.25, 0.3) is 11.8 Å². The van der Waals surface area contributed by atoms with Gasteiger partial charge in [0.05, 0.1) is 6.61 Å². The highest BCUT2D eigenvalue weighted by molar-refractivity contribution is 5.92. The maximum atomic E-state index is 12.5. The summed E-state index contributed by atoms with van der Waals surface area (Å²) in [7, 11) is 1.78. The van der Waals surface area contributed by atoms with Gasteiger partial charge in [0, 0.05) is 44.8 Å². The van der Waals surface area contributed by atoms with Crippen LogP contribution >= 0.6 is 0 Å². The summed E-state index contributed by atoms with van der Waals surface area (Å²) in [5.41, 5.74) is 0.619. The number of amides is 1. The first kappa shape index (κ1) is 16.2. The zero-order valence-corrected chi connectivity index (χ0v) is 14.0. The van der Waals surface area contributed by atoms with Crippen molar-refractivity contribution in [2.75, 3.05) is 25.0 Å². The molecule has 1 saturated heterocycles. The lowest BCUT2D eigenvalue weighted by molar-refractivity contribution is 0.0707. The lowest BCUT2D eigenvalue weighted by atomic mass is 10.0. The Morgan fingerprint density at radius 2 is 2.04 bits per heavy atom. The molecule has 0 atom stereocenters. The van der Waals surface area contributed by atoms with Crippen LogP contribution in [0.3, 0.4) is 0 Å². The van der Waals surface area contributed by atoms with Crippen LogP contribution in [0.15, 0.2) is 24.7 Å². The third kappa shape index (κ3) is 3.47. The molecule has 1 aliphatic rings. The van der Waals surface area contributed by atoms with Crippen molar-refractivity contribution in [3.8, 4) is 5.88 Å². The summed E-state index contributed by atoms with van der Waals surface area (Å²) in [6.45, 7) is 3.86. The Labute approximate surface area is 140 Å². The molecule has 1 aliphatic heterocycles. The molecule has 2 aromatic heterocycles. The van der Waals surface area contributed by atoms with E-state index in [4.69, 9.17) is 4.74 Å². The van der Waals surface area contributed by atoms with Crippen molar-refractivity contribution >= 4 is 11.7 Å². The van der Waals surface area contributed by atoms with Gasteiger partial charge in [-0.2, -0.15) is 5.10 Å². The van der Waals surface area contributed by atoms with Crippen LogP contribution in [-0.2, 0) is 7.05 Å². The van der Waals surface area contributed by atoms with Crippen LogP contribution in [0.2, 0.25) is 0 Å². The van der Waals surface area contributed by atoms with Gasteiger partial charge in [-0.05, 0) is 25.8 Å². The number of piperidine rings is 1. The molecule has 128 valence electrons. The average molecular weight is 330 g/mol. The van der Waals surface area contributed by atoms with Crippen molar-refractivity contribution in [1.29, 1.82) is 0 Å². The molecule has 3 rings (SSSR count). The van der Waals surface area contributed by atoms with Crippen molar-refractivity contribution in [3.05, 3.63) is 30.4 Å². The number of ether oxygens (including phenoxy) is 1. The second-order valence-electron chi connectivity index (χ2n) is 5.69. The molecule has 1 amide bonds. The number of anilines is 1. The summed E-state index contributed by atoms with van der Waals surface area (Å²) in [4.78, 5) is 22.9. The number of hydrogen-bond acceptors (Lipinski definition) is 6. The van der Waals surface area contributed by atoms with Crippen LogP contribution < -0.4 is 10.1 Å². The number of nitrogens with one attached hydrogen (secondary N) is 1. The largest absolute Gasteiger partial charge is 0.475 e. The minimum atomic E-state index is 0.0305. The van der Waals surface area contributed by atoms with E-state index < -0.39 is 0 Å². The van der Waals surface area contributed by atoms with Gasteiger partial charge in [0.2, 0.25) is 0 Å². The van der Waals surface area contributed by atoms with E-state index in [0.29, 0.717) is 37.1 Å². The average Bonchev–Trinajstić information content (AvgIpc) is 3.03. The van der Waals surface area contributed by atoms with Gasteiger partial charge < -0.3 is 15.0 Å². The van der Waals surface area contributed by atoms with E-state index in [1.165, 1.54) is 0 Å². The van der Waals surface area contributed by atoms with E-state index >= 15 is 0 Å². The van der Waals surface area contributed by atoms with Crippen molar-refractivity contribution in [1.82, 2.24) is 24.6 Å². The third-order valence-electron chi connectivity index (χ3n) is 4.11. The molecular weight excluding hydrogens is 308 g/mol. The molecule has 0 spiro atoms. The quantitative estimate of drug-likeness (QED) is 0.890. The summed E-state index contributed by atoms with van der Waals surface area (Å²) in [5.74, 6) is 1.21. The molecule has 0 aliphatic carbocycles. The van der Waals surface area contributed by atoms with Gasteiger partial charge in [0.15, 0.2) is 5.82 Å². The number of carbonyl (C=O) groups is 1. The maximum Gasteiger partial charge on any atom is 0.272 e. The minimum Gasteiger partial charge on any atom is -0.475 e. The molecule has 1 fully saturated rings. The van der Waals surface area contributed by atoms with Gasteiger partial charge in [-0.1, -0.05) is 0 Å². The lowest BCUT2D eigenvalue weighted by Crippen LogP contribution is -2.43. The summed E-state index contributed by atoms with van der Waals surface area (Å²) in [5, 5.41) is 7.44. The van der Waals surface area contributed by atoms with E-state index in [-0.39, 0.29) is 11.9 Å². The monoisotopic (exact) mass is 330 g/mol. The van der Waals surface area contributed by atoms with Gasteiger partial charge in [-0.25, -0.2) is 9.97 Å². The normalized spacial score (nSPS) is 15.3. The van der Waals surface area contributed by atoms with E-state index in [1.807, 2.05) is 11.8 Å². The van der Waals surface area contributed by atoms with Crippen LogP contribution in [0, 0.1) is 0 Å². The van der Waals surface area contributed by atoms with Crippen molar-refractivity contribution in [2.24, 2.45) is 7.05 Å². The highest BCUT2D eigenvalue weighted by Gasteiger charge is 2.25. The molecule has 1 N–H and O–H groups in total. The second kappa shape index (κ2) is 7.29. The zero-order valence-electron chi connectivity index (χ0n) is 14.0. The highest BCUT2D eigenvalue weighted by atomic mass is 16.5. The number of aryl methyl sites for hydroxylation is 1. The second-order valence-corrected chi connectivity index (χ2v) is 5.69. The minimum absolute atomic E-state index is 0.0305. The van der Waals surface area contributed by atoms with Crippen LogP contribution in [0.4, 0.5) is 5.82 Å². The summed E-state index contributed by atoms with van der Waals surface area (Å²) >= 11 is 0. The molecule has 8 heteroatoms. The first-order valence-corrected chi connectivity index (χ1v) is 8.16. The number of nitrogens with zero attached hydrogens (tertiary/aromatic N) is 5. The fourth-order valence-electron chi connectivity index (χ4n) is 2.83. The Hall–Kier alpha value is -2.64. The number of rotatable bonds is 5. The van der Waals surface area contributed by atoms with E-state index in [2.05, 4.69) is 20.4 Å². The Balaban J connectivity index is 1.58. The van der Waals surface area contributed by atoms with Gasteiger partial charge >= 0.3 is 0 Å². The van der Waals surface area contributed by atoms with E-state index in [0.717, 1.165) is 12.8 Å². The molecule has 24 heavy (non-hydrogen) atoms. The first-order valence-electron chi connectivity index (χ1n) is 8.16. The molecule has 8 nitrogen and oxygen atoms in total. The van der Waals surface area contributed by atoms with Crippen molar-refractivity contribution in [2.45, 2.75) is 25.8 Å². The van der Waals surface area contributed by atoms with Crippen LogP contribution in [-0.4, -0.2) is 56.3 Å². The van der Waals surface area contributed by atoms with Crippen LogP contribution in [0.1, 0.15) is 30.3 Å². The Morgan fingerprint density at radius 1 is 1.29 bits per heavy atom. The summed E-state index contributed by atoms with van der Waals surface area (Å²) < 4.78 is 7.10. The fourth-order valence-corrected chi connectivity index (χ4v) is 2.83. The molecular formula is C16H22N6O2. The molecule has 3 heterocycles. The van der Waals surface area contributed by atoms with E-state index in [1.54, 1.807) is 36.4 Å². The van der Waals surface area contributed by atoms with Gasteiger partial charge in [-0.15, -0.1) is 0 Å². The Bertz CT molecular complexity index is 693. The molecule has 0 aromatic carbocycles. The molecule has 2 aromatic rings. The first-order chi connectivity index (χ1) is 11.7. The van der Waals surface area contributed by atoms with Gasteiger partial charge in [-0.3, -0.25) is 9.48 Å². The highest BCUT2D eigenvalue weighted by Crippen LogP contribution is 2.22. The number of hydrogen-bond donors (Lipinski definition) is 1. The number of carbonyl (C=O) groups excluding carboxylic acids is 1. The maximum absolute atomic E-state index is 12.5. The van der Waals surface area contributed by atoms with Crippen LogP contribution in [0.5, 0.6) is 5.88 Å². The standard InChI is InChI=1S/C16H22N6O2/c1-3-24-15-14(17-8-9-18-15)20-12-5-10-22(11-6-12)16(23)13-4-7-19-21(13)2/h4,7-9,12H,3,5-6,10-11H2,1-2H3,(H,17,20). The third-order valence-corrected chi connectivity index (χ3v) is 4.11. The van der Waals surface area contributed by atoms with Crippen LogP contribution in [0.25, 0.3) is 0 Å². The van der Waals surface area contributed by atoms with Crippen molar-refractivity contribution < 1.29 is 9.53 Å². The zero-order chi connectivity index (χ0) is 16.9. The van der Waals surface area contributed by atoms with E-state index in [9.17, 15) is 4.79 Å². The van der Waals surface area contributed by atoms with Gasteiger partial charge in [0.1, 0.15) is 5.69 Å². The lowest BCUT2D eigenvalue weighted by Gasteiger charge is -2.32. The molecule has 0 saturated carbocycles. The smallest absolute Gasteiger partial charge is 0.272 e. The predicted octanol–water partition coefficient (Wildman–Crippen LogP) is 1.33. The number of likely N-dealkylation sites (tertiary alicyclic amines) is 1. The molecule has 0 radical (unpaired) electrons. The predicted molar refractivity (Wildman–Crippen MR) is 89.0 cm³/mol. The molecule has 0 bridgehead atoms.